The molecule has 2 aliphatic heterocycles. The molecule has 0 amide bonds. The Balaban J connectivity index is 1.72. The number of ether oxygens (including phenoxy) is 4. The van der Waals surface area contributed by atoms with Gasteiger partial charge in [-0.3, -0.25) is 4.90 Å². The summed E-state index contributed by atoms with van der Waals surface area (Å²) in [5.41, 5.74) is 3.66. The van der Waals surface area contributed by atoms with E-state index in [1.165, 1.54) is 5.56 Å². The molecule has 5 rings (SSSR count). The van der Waals surface area contributed by atoms with E-state index in [0.717, 1.165) is 35.4 Å². The summed E-state index contributed by atoms with van der Waals surface area (Å²) < 4.78 is 22.3. The lowest BCUT2D eigenvalue weighted by molar-refractivity contribution is -0.0206. The minimum Gasteiger partial charge on any atom is -0.493 e. The lowest BCUT2D eigenvalue weighted by Gasteiger charge is -2.46. The number of aliphatic hydroxyl groups excluding tert-OH is 1. The number of nitrogens with zero attached hydrogens (tertiary/aromatic N) is 1. The Morgan fingerprint density at radius 1 is 1.11 bits per heavy atom. The Morgan fingerprint density at radius 3 is 2.67 bits per heavy atom. The monoisotopic (exact) mass is 369 g/mol. The van der Waals surface area contributed by atoms with Crippen molar-refractivity contribution in [1.82, 2.24) is 4.90 Å². The predicted octanol–water partition coefficient (Wildman–Crippen LogP) is 2.41. The third-order valence-corrected chi connectivity index (χ3v) is 6.33. The van der Waals surface area contributed by atoms with E-state index in [2.05, 4.69) is 11.9 Å². The van der Waals surface area contributed by atoms with Crippen LogP contribution in [0.15, 0.2) is 24.3 Å². The fourth-order valence-corrected chi connectivity index (χ4v) is 4.92. The van der Waals surface area contributed by atoms with Crippen LogP contribution < -0.4 is 18.9 Å². The second kappa shape index (κ2) is 5.78. The highest BCUT2D eigenvalue weighted by Crippen LogP contribution is 2.57. The summed E-state index contributed by atoms with van der Waals surface area (Å²) in [6.45, 7) is 1.05. The lowest BCUT2D eigenvalue weighted by Crippen LogP contribution is -2.51. The van der Waals surface area contributed by atoms with Crippen LogP contribution in [0.3, 0.4) is 0 Å². The fourth-order valence-electron chi connectivity index (χ4n) is 4.92. The molecule has 1 N–H and O–H groups in total. The van der Waals surface area contributed by atoms with Gasteiger partial charge in [0.1, 0.15) is 6.10 Å². The SMILES string of the molecule is COc1cc2c(cc1OC)[C@]1(Cc3ccc4c(c3[C@@H]1O)OCO4)N(C)CC2. The van der Waals surface area contributed by atoms with E-state index in [-0.39, 0.29) is 6.79 Å². The first-order valence-electron chi connectivity index (χ1n) is 9.16. The van der Waals surface area contributed by atoms with E-state index in [4.69, 9.17) is 18.9 Å². The number of likely N-dealkylation sites (N-methyl/N-ethyl adjacent to an activating group) is 1. The first-order chi connectivity index (χ1) is 13.1. The van der Waals surface area contributed by atoms with Crippen LogP contribution in [-0.4, -0.2) is 44.6 Å². The molecular formula is C21H23NO5. The van der Waals surface area contributed by atoms with Crippen LogP contribution in [0, 0.1) is 0 Å². The standard InChI is InChI=1S/C21H23NO5/c1-22-7-6-12-8-16(24-2)17(25-3)9-14(12)21(22)10-13-4-5-15-19(27-11-26-15)18(13)20(21)23/h4-5,8-9,20,23H,6-7,10-11H2,1-3H3/t20-,21-/m0/s1. The Labute approximate surface area is 158 Å². The molecule has 6 nitrogen and oxygen atoms in total. The number of benzene rings is 2. The van der Waals surface area contributed by atoms with Crippen LogP contribution in [0.1, 0.15) is 28.4 Å². The third kappa shape index (κ3) is 2.08. The van der Waals surface area contributed by atoms with E-state index < -0.39 is 11.6 Å². The fraction of sp³-hybridized carbons (Fsp3) is 0.429. The second-order valence-electron chi connectivity index (χ2n) is 7.41. The van der Waals surface area contributed by atoms with Crippen molar-refractivity contribution in [2.75, 3.05) is 34.6 Å². The van der Waals surface area contributed by atoms with Gasteiger partial charge in [0.15, 0.2) is 23.0 Å². The van der Waals surface area contributed by atoms with Gasteiger partial charge >= 0.3 is 0 Å². The minimum atomic E-state index is -0.716. The average Bonchev–Trinajstić information content (AvgIpc) is 3.27. The van der Waals surface area contributed by atoms with Gasteiger partial charge in [-0.1, -0.05) is 6.07 Å². The molecule has 3 aliphatic rings. The Bertz CT molecular complexity index is 927. The highest BCUT2D eigenvalue weighted by Gasteiger charge is 2.54. The van der Waals surface area contributed by atoms with Crippen molar-refractivity contribution < 1.29 is 24.1 Å². The molecule has 0 aromatic heterocycles. The molecule has 0 unspecified atom stereocenters. The van der Waals surface area contributed by atoms with Crippen molar-refractivity contribution in [2.24, 2.45) is 0 Å². The van der Waals surface area contributed by atoms with Crippen molar-refractivity contribution >= 4 is 0 Å². The molecule has 2 atom stereocenters. The number of aliphatic hydroxyl groups is 1. The predicted molar refractivity (Wildman–Crippen MR) is 98.8 cm³/mol. The third-order valence-electron chi connectivity index (χ3n) is 6.33. The quantitative estimate of drug-likeness (QED) is 0.877. The summed E-state index contributed by atoms with van der Waals surface area (Å²) >= 11 is 0. The first kappa shape index (κ1) is 16.7. The zero-order valence-corrected chi connectivity index (χ0v) is 15.7. The average molecular weight is 369 g/mol. The van der Waals surface area contributed by atoms with Crippen LogP contribution in [0.4, 0.5) is 0 Å². The molecule has 27 heavy (non-hydrogen) atoms. The van der Waals surface area contributed by atoms with Gasteiger partial charge in [0.25, 0.3) is 0 Å². The summed E-state index contributed by atoms with van der Waals surface area (Å²) in [7, 11) is 5.36. The number of fused-ring (bicyclic) bond motifs is 5. The van der Waals surface area contributed by atoms with Crippen LogP contribution in [0.2, 0.25) is 0 Å². The van der Waals surface area contributed by atoms with E-state index in [1.54, 1.807) is 14.2 Å². The van der Waals surface area contributed by atoms with Gasteiger partial charge in [-0.25, -0.2) is 0 Å². The topological polar surface area (TPSA) is 60.4 Å². The first-order valence-corrected chi connectivity index (χ1v) is 9.16. The molecule has 142 valence electrons. The van der Waals surface area contributed by atoms with Gasteiger partial charge < -0.3 is 24.1 Å². The molecule has 0 bridgehead atoms. The van der Waals surface area contributed by atoms with Gasteiger partial charge in [0.2, 0.25) is 6.79 Å². The highest BCUT2D eigenvalue weighted by molar-refractivity contribution is 5.60. The second-order valence-corrected chi connectivity index (χ2v) is 7.41. The van der Waals surface area contributed by atoms with Crippen molar-refractivity contribution in [3.8, 4) is 23.0 Å². The molecule has 0 radical (unpaired) electrons. The molecule has 0 saturated heterocycles. The maximum absolute atomic E-state index is 11.6. The summed E-state index contributed by atoms with van der Waals surface area (Å²) in [6, 6.07) is 8.05. The van der Waals surface area contributed by atoms with E-state index in [1.807, 2.05) is 24.3 Å². The molecule has 0 fully saturated rings. The number of hydrogen-bond donors (Lipinski definition) is 1. The van der Waals surface area contributed by atoms with E-state index in [0.29, 0.717) is 23.7 Å². The van der Waals surface area contributed by atoms with Crippen LogP contribution >= 0.6 is 0 Å². The smallest absolute Gasteiger partial charge is 0.231 e. The molecule has 2 heterocycles. The van der Waals surface area contributed by atoms with Gasteiger partial charge in [0, 0.05) is 12.1 Å². The molecular weight excluding hydrogens is 346 g/mol. The van der Waals surface area contributed by atoms with E-state index >= 15 is 0 Å². The zero-order valence-electron chi connectivity index (χ0n) is 15.7. The molecule has 2 aromatic rings. The van der Waals surface area contributed by atoms with Crippen LogP contribution in [-0.2, 0) is 18.4 Å². The number of methoxy groups -OCH3 is 2. The summed E-state index contributed by atoms with van der Waals surface area (Å²) in [4.78, 5) is 2.26. The zero-order chi connectivity index (χ0) is 18.8. The molecule has 1 aliphatic carbocycles. The van der Waals surface area contributed by atoms with Crippen molar-refractivity contribution in [3.63, 3.8) is 0 Å². The van der Waals surface area contributed by atoms with Crippen molar-refractivity contribution in [3.05, 3.63) is 46.5 Å². The van der Waals surface area contributed by atoms with Crippen molar-refractivity contribution in [2.45, 2.75) is 24.5 Å². The Morgan fingerprint density at radius 2 is 1.89 bits per heavy atom. The van der Waals surface area contributed by atoms with Gasteiger partial charge in [0.05, 0.1) is 19.8 Å². The Kier molecular flexibility index (Phi) is 3.58. The lowest BCUT2D eigenvalue weighted by atomic mass is 9.77. The summed E-state index contributed by atoms with van der Waals surface area (Å²) in [5.74, 6) is 2.78. The van der Waals surface area contributed by atoms with Gasteiger partial charge in [-0.15, -0.1) is 0 Å². The maximum atomic E-state index is 11.6. The summed E-state index contributed by atoms with van der Waals surface area (Å²) in [6.07, 6.45) is 0.889. The number of hydrogen-bond acceptors (Lipinski definition) is 6. The largest absolute Gasteiger partial charge is 0.493 e. The minimum absolute atomic E-state index is 0.197. The molecule has 6 heteroatoms. The van der Waals surface area contributed by atoms with E-state index in [9.17, 15) is 5.11 Å². The summed E-state index contributed by atoms with van der Waals surface area (Å²) in [5, 5.41) is 11.6. The van der Waals surface area contributed by atoms with Crippen LogP contribution in [0.25, 0.3) is 0 Å². The Hall–Kier alpha value is -2.44. The maximum Gasteiger partial charge on any atom is 0.231 e. The number of rotatable bonds is 2. The highest BCUT2D eigenvalue weighted by atomic mass is 16.7. The normalized spacial score (nSPS) is 25.4. The molecule has 2 aromatic carbocycles. The van der Waals surface area contributed by atoms with Gasteiger partial charge in [-0.05, 0) is 54.8 Å². The van der Waals surface area contributed by atoms with Crippen molar-refractivity contribution in [1.29, 1.82) is 0 Å². The molecule has 1 spiro atoms. The molecule has 0 saturated carbocycles. The van der Waals surface area contributed by atoms with Gasteiger partial charge in [-0.2, -0.15) is 0 Å². The van der Waals surface area contributed by atoms with Crippen LogP contribution in [0.5, 0.6) is 23.0 Å².